The predicted octanol–water partition coefficient (Wildman–Crippen LogP) is 0.340. The summed E-state index contributed by atoms with van der Waals surface area (Å²) in [4.78, 5) is 16.0. The number of aliphatic hydroxyl groups is 1. The lowest BCUT2D eigenvalue weighted by molar-refractivity contribution is -0.138. The van der Waals surface area contributed by atoms with E-state index in [1.807, 2.05) is 23.1 Å². The molecule has 0 spiro atoms. The van der Waals surface area contributed by atoms with E-state index in [4.69, 9.17) is 9.84 Å². The van der Waals surface area contributed by atoms with Gasteiger partial charge in [-0.1, -0.05) is 30.3 Å². The van der Waals surface area contributed by atoms with Crippen molar-refractivity contribution in [1.29, 1.82) is 0 Å². The van der Waals surface area contributed by atoms with Gasteiger partial charge in [0.15, 0.2) is 0 Å². The van der Waals surface area contributed by atoms with Crippen molar-refractivity contribution in [2.24, 2.45) is 0 Å². The van der Waals surface area contributed by atoms with E-state index < -0.39 is 0 Å². The molecule has 0 unspecified atom stereocenters. The highest BCUT2D eigenvalue weighted by molar-refractivity contribution is 5.77. The molecule has 0 saturated carbocycles. The maximum absolute atomic E-state index is 11.8. The first-order valence-corrected chi connectivity index (χ1v) is 7.02. The summed E-state index contributed by atoms with van der Waals surface area (Å²) in [5, 5.41) is 8.61. The Balaban J connectivity index is 1.71. The van der Waals surface area contributed by atoms with Crippen LogP contribution in [0.25, 0.3) is 0 Å². The topological polar surface area (TPSA) is 53.0 Å². The second-order valence-corrected chi connectivity index (χ2v) is 4.92. The molecule has 0 aromatic heterocycles. The van der Waals surface area contributed by atoms with Gasteiger partial charge in [0.1, 0.15) is 6.61 Å². The lowest BCUT2D eigenvalue weighted by atomic mass is 10.2. The quantitative estimate of drug-likeness (QED) is 0.763. The van der Waals surface area contributed by atoms with Crippen molar-refractivity contribution >= 4 is 5.91 Å². The maximum atomic E-state index is 11.8. The molecule has 1 fully saturated rings. The molecule has 20 heavy (non-hydrogen) atoms. The fraction of sp³-hybridized carbons (Fsp3) is 0.533. The van der Waals surface area contributed by atoms with E-state index in [9.17, 15) is 4.79 Å². The first kappa shape index (κ1) is 15.0. The smallest absolute Gasteiger partial charge is 0.248 e. The molecule has 5 heteroatoms. The van der Waals surface area contributed by atoms with Gasteiger partial charge in [-0.25, -0.2) is 0 Å². The summed E-state index contributed by atoms with van der Waals surface area (Å²) in [6.45, 7) is 4.45. The second-order valence-electron chi connectivity index (χ2n) is 4.92. The number of ether oxygens (including phenoxy) is 1. The average molecular weight is 278 g/mol. The number of hydrogen-bond donors (Lipinski definition) is 1. The van der Waals surface area contributed by atoms with E-state index in [1.165, 1.54) is 5.56 Å². The Kier molecular flexibility index (Phi) is 5.98. The molecule has 0 aliphatic carbocycles. The maximum Gasteiger partial charge on any atom is 0.248 e. The van der Waals surface area contributed by atoms with Crippen molar-refractivity contribution in [3.63, 3.8) is 0 Å². The van der Waals surface area contributed by atoms with Crippen LogP contribution >= 0.6 is 0 Å². The molecular weight excluding hydrogens is 256 g/mol. The van der Waals surface area contributed by atoms with Crippen LogP contribution in [0.2, 0.25) is 0 Å². The van der Waals surface area contributed by atoms with Gasteiger partial charge in [0.2, 0.25) is 5.91 Å². The molecule has 1 aliphatic rings. The standard InChI is InChI=1S/C15H22N2O3/c18-10-11-20-13-15(19)17-8-6-16(7-9-17)12-14-4-2-1-3-5-14/h1-5,18H,6-13H2. The average Bonchev–Trinajstić information content (AvgIpc) is 2.49. The number of nitrogens with zero attached hydrogens (tertiary/aromatic N) is 2. The molecule has 0 radical (unpaired) electrons. The van der Waals surface area contributed by atoms with Crippen LogP contribution in [0.3, 0.4) is 0 Å². The molecule has 1 saturated heterocycles. The highest BCUT2D eigenvalue weighted by Crippen LogP contribution is 2.08. The molecule has 0 atom stereocenters. The number of benzene rings is 1. The predicted molar refractivity (Wildman–Crippen MR) is 76.2 cm³/mol. The summed E-state index contributed by atoms with van der Waals surface area (Å²) in [6.07, 6.45) is 0. The summed E-state index contributed by atoms with van der Waals surface area (Å²) in [5.41, 5.74) is 1.30. The number of piperazine rings is 1. The molecular formula is C15H22N2O3. The minimum atomic E-state index is -0.0435. The molecule has 1 aromatic rings. The minimum absolute atomic E-state index is 0.0119. The zero-order valence-corrected chi connectivity index (χ0v) is 11.7. The van der Waals surface area contributed by atoms with Crippen molar-refractivity contribution < 1.29 is 14.6 Å². The zero-order chi connectivity index (χ0) is 14.2. The SMILES string of the molecule is O=C(COCCO)N1CCN(Cc2ccccc2)CC1. The van der Waals surface area contributed by atoms with E-state index in [0.29, 0.717) is 0 Å². The third kappa shape index (κ3) is 4.59. The van der Waals surface area contributed by atoms with Crippen LogP contribution in [0.15, 0.2) is 30.3 Å². The van der Waals surface area contributed by atoms with Gasteiger partial charge < -0.3 is 14.7 Å². The molecule has 110 valence electrons. The first-order chi connectivity index (χ1) is 9.79. The molecule has 0 bridgehead atoms. The first-order valence-electron chi connectivity index (χ1n) is 7.02. The Morgan fingerprint density at radius 2 is 1.85 bits per heavy atom. The molecule has 1 aromatic carbocycles. The molecule has 1 amide bonds. The number of aliphatic hydroxyl groups excluding tert-OH is 1. The van der Waals surface area contributed by atoms with E-state index in [-0.39, 0.29) is 25.7 Å². The normalized spacial score (nSPS) is 16.4. The van der Waals surface area contributed by atoms with Crippen LogP contribution in [0.1, 0.15) is 5.56 Å². The lowest BCUT2D eigenvalue weighted by Crippen LogP contribution is -2.49. The summed E-state index contributed by atoms with van der Waals surface area (Å²) in [5.74, 6) is 0.0119. The number of hydrogen-bond acceptors (Lipinski definition) is 4. The van der Waals surface area contributed by atoms with E-state index in [2.05, 4.69) is 17.0 Å². The fourth-order valence-corrected chi connectivity index (χ4v) is 2.31. The number of rotatable bonds is 6. The third-order valence-corrected chi connectivity index (χ3v) is 3.44. The van der Waals surface area contributed by atoms with E-state index in [0.717, 1.165) is 32.7 Å². The highest BCUT2D eigenvalue weighted by Gasteiger charge is 2.20. The largest absolute Gasteiger partial charge is 0.394 e. The summed E-state index contributed by atoms with van der Waals surface area (Å²) < 4.78 is 5.07. The Morgan fingerprint density at radius 1 is 1.15 bits per heavy atom. The van der Waals surface area contributed by atoms with E-state index >= 15 is 0 Å². The summed E-state index contributed by atoms with van der Waals surface area (Å²) in [7, 11) is 0. The fourth-order valence-electron chi connectivity index (χ4n) is 2.31. The lowest BCUT2D eigenvalue weighted by Gasteiger charge is -2.34. The Bertz CT molecular complexity index is 403. The Morgan fingerprint density at radius 3 is 2.50 bits per heavy atom. The zero-order valence-electron chi connectivity index (χ0n) is 11.7. The monoisotopic (exact) mass is 278 g/mol. The number of amides is 1. The van der Waals surface area contributed by atoms with Crippen LogP contribution < -0.4 is 0 Å². The van der Waals surface area contributed by atoms with Gasteiger partial charge >= 0.3 is 0 Å². The molecule has 1 heterocycles. The molecule has 5 nitrogen and oxygen atoms in total. The van der Waals surface area contributed by atoms with Gasteiger partial charge in [-0.2, -0.15) is 0 Å². The van der Waals surface area contributed by atoms with Crippen molar-refractivity contribution in [2.45, 2.75) is 6.54 Å². The van der Waals surface area contributed by atoms with Gasteiger partial charge in [0, 0.05) is 32.7 Å². The van der Waals surface area contributed by atoms with Crippen molar-refractivity contribution in [1.82, 2.24) is 9.80 Å². The Labute approximate surface area is 119 Å². The number of carbonyl (C=O) groups excluding carboxylic acids is 1. The Hall–Kier alpha value is -1.43. The van der Waals surface area contributed by atoms with E-state index in [1.54, 1.807) is 0 Å². The van der Waals surface area contributed by atoms with Crippen molar-refractivity contribution in [3.8, 4) is 0 Å². The van der Waals surface area contributed by atoms with Gasteiger partial charge in [0.25, 0.3) is 0 Å². The summed E-state index contributed by atoms with van der Waals surface area (Å²) in [6, 6.07) is 10.4. The highest BCUT2D eigenvalue weighted by atomic mass is 16.5. The van der Waals surface area contributed by atoms with Gasteiger partial charge in [-0.3, -0.25) is 9.69 Å². The van der Waals surface area contributed by atoms with Crippen molar-refractivity contribution in [2.75, 3.05) is 46.0 Å². The van der Waals surface area contributed by atoms with Gasteiger partial charge in [-0.05, 0) is 5.56 Å². The molecule has 1 N–H and O–H groups in total. The van der Waals surface area contributed by atoms with Crippen molar-refractivity contribution in [3.05, 3.63) is 35.9 Å². The summed E-state index contributed by atoms with van der Waals surface area (Å²) >= 11 is 0. The van der Waals surface area contributed by atoms with Crippen LogP contribution in [-0.4, -0.2) is 66.8 Å². The van der Waals surface area contributed by atoms with Crippen LogP contribution in [0.5, 0.6) is 0 Å². The molecule has 1 aliphatic heterocycles. The van der Waals surface area contributed by atoms with Crippen LogP contribution in [-0.2, 0) is 16.1 Å². The van der Waals surface area contributed by atoms with Crippen LogP contribution in [0.4, 0.5) is 0 Å². The molecule has 2 rings (SSSR count). The number of carbonyl (C=O) groups is 1. The van der Waals surface area contributed by atoms with Gasteiger partial charge in [0.05, 0.1) is 13.2 Å². The third-order valence-electron chi connectivity index (χ3n) is 3.44. The minimum Gasteiger partial charge on any atom is -0.394 e. The van der Waals surface area contributed by atoms with Gasteiger partial charge in [-0.15, -0.1) is 0 Å². The van der Waals surface area contributed by atoms with Crippen LogP contribution in [0, 0.1) is 0 Å². The second kappa shape index (κ2) is 7.99.